The zero-order chi connectivity index (χ0) is 12.3. The summed E-state index contributed by atoms with van der Waals surface area (Å²) in [5.74, 6) is 0.407. The number of aliphatic hydroxyl groups excluding tert-OH is 1. The van der Waals surface area contributed by atoms with Gasteiger partial charge in [0.05, 0.1) is 0 Å². The number of hydrogen-bond donors (Lipinski definition) is 1. The van der Waals surface area contributed by atoms with Gasteiger partial charge in [-0.1, -0.05) is 6.42 Å². The first kappa shape index (κ1) is 14.7. The number of Topliss-reactive ketones (excluding diaryl/α,β-unsaturated/α-hetero) is 1. The van der Waals surface area contributed by atoms with Crippen LogP contribution in [0.3, 0.4) is 0 Å². The maximum absolute atomic E-state index is 11.5. The minimum atomic E-state index is 0.254. The van der Waals surface area contributed by atoms with Crippen LogP contribution in [0.4, 0.5) is 0 Å². The van der Waals surface area contributed by atoms with E-state index in [0.717, 1.165) is 32.1 Å². The molecule has 0 bridgehead atoms. The monoisotopic (exact) mass is 241 g/mol. The molecular weight excluding hydrogens is 214 g/mol. The number of aliphatic hydroxyl groups is 1. The molecule has 0 unspecified atom stereocenters. The lowest BCUT2D eigenvalue weighted by atomic mass is 10.1. The Balaban J connectivity index is 1.85. The summed E-state index contributed by atoms with van der Waals surface area (Å²) in [7, 11) is 0. The van der Waals surface area contributed by atoms with Crippen LogP contribution in [0.15, 0.2) is 0 Å². The number of carbonyl (C=O) groups is 1. The summed E-state index contributed by atoms with van der Waals surface area (Å²) in [6.45, 7) is 3.95. The van der Waals surface area contributed by atoms with E-state index in [2.05, 4.69) is 4.90 Å². The Bertz CT molecular complexity index is 200. The van der Waals surface area contributed by atoms with Gasteiger partial charge in [-0.15, -0.1) is 0 Å². The van der Waals surface area contributed by atoms with Crippen LogP contribution in [0.5, 0.6) is 0 Å². The number of unbranched alkanes of at least 4 members (excludes halogenated alkanes) is 3. The second kappa shape index (κ2) is 9.60. The standard InChI is InChI=1S/C14H27NO2/c16-13-7-1-2-8-14(17)9-3-4-10-15-11-5-6-12-15/h16H,1-13H2. The quantitative estimate of drug-likeness (QED) is 0.597. The third kappa shape index (κ3) is 7.50. The molecule has 0 aliphatic carbocycles. The van der Waals surface area contributed by atoms with Crippen LogP contribution >= 0.6 is 0 Å². The summed E-state index contributed by atoms with van der Waals surface area (Å²) >= 11 is 0. The Morgan fingerprint density at radius 2 is 1.59 bits per heavy atom. The Kier molecular flexibility index (Phi) is 8.28. The molecule has 0 saturated carbocycles. The predicted molar refractivity (Wildman–Crippen MR) is 70.1 cm³/mol. The highest BCUT2D eigenvalue weighted by atomic mass is 16.2. The predicted octanol–water partition coefficient (Wildman–Crippen LogP) is 2.37. The number of ketones is 1. The summed E-state index contributed by atoms with van der Waals surface area (Å²) in [5, 5.41) is 8.62. The fourth-order valence-electron chi connectivity index (χ4n) is 2.40. The molecule has 1 aliphatic heterocycles. The van der Waals surface area contributed by atoms with Crippen molar-refractivity contribution in [3.63, 3.8) is 0 Å². The maximum Gasteiger partial charge on any atom is 0.132 e. The van der Waals surface area contributed by atoms with Gasteiger partial charge in [0.1, 0.15) is 5.78 Å². The van der Waals surface area contributed by atoms with Crippen molar-refractivity contribution in [2.24, 2.45) is 0 Å². The zero-order valence-corrected chi connectivity index (χ0v) is 11.0. The fourth-order valence-corrected chi connectivity index (χ4v) is 2.40. The molecule has 0 aromatic heterocycles. The lowest BCUT2D eigenvalue weighted by Gasteiger charge is -2.13. The van der Waals surface area contributed by atoms with Crippen molar-refractivity contribution < 1.29 is 9.90 Å². The molecule has 1 N–H and O–H groups in total. The van der Waals surface area contributed by atoms with E-state index in [9.17, 15) is 4.79 Å². The van der Waals surface area contributed by atoms with E-state index < -0.39 is 0 Å². The van der Waals surface area contributed by atoms with Crippen molar-refractivity contribution in [3.8, 4) is 0 Å². The maximum atomic E-state index is 11.5. The highest BCUT2D eigenvalue weighted by Gasteiger charge is 2.10. The SMILES string of the molecule is O=C(CCCCCO)CCCCN1CCCC1. The molecule has 1 heterocycles. The highest BCUT2D eigenvalue weighted by molar-refractivity contribution is 5.78. The molecule has 0 amide bonds. The molecule has 1 aliphatic rings. The van der Waals surface area contributed by atoms with E-state index in [1.807, 2.05) is 0 Å². The van der Waals surface area contributed by atoms with Crippen LogP contribution in [-0.2, 0) is 4.79 Å². The molecule has 1 rings (SSSR count). The molecule has 0 spiro atoms. The van der Waals surface area contributed by atoms with Gasteiger partial charge >= 0.3 is 0 Å². The lowest BCUT2D eigenvalue weighted by molar-refractivity contribution is -0.119. The molecular formula is C14H27NO2. The van der Waals surface area contributed by atoms with Crippen LogP contribution in [0.25, 0.3) is 0 Å². The number of likely N-dealkylation sites (tertiary alicyclic amines) is 1. The number of carbonyl (C=O) groups excluding carboxylic acids is 1. The molecule has 1 saturated heterocycles. The van der Waals surface area contributed by atoms with Crippen molar-refractivity contribution in [2.45, 2.75) is 57.8 Å². The largest absolute Gasteiger partial charge is 0.396 e. The smallest absolute Gasteiger partial charge is 0.132 e. The minimum absolute atomic E-state index is 0.254. The lowest BCUT2D eigenvalue weighted by Crippen LogP contribution is -2.20. The first-order valence-corrected chi connectivity index (χ1v) is 7.18. The van der Waals surface area contributed by atoms with Gasteiger partial charge in [-0.2, -0.15) is 0 Å². The van der Waals surface area contributed by atoms with E-state index in [1.54, 1.807) is 0 Å². The minimum Gasteiger partial charge on any atom is -0.396 e. The Hall–Kier alpha value is -0.410. The average molecular weight is 241 g/mol. The van der Waals surface area contributed by atoms with Gasteiger partial charge in [0.2, 0.25) is 0 Å². The van der Waals surface area contributed by atoms with Gasteiger partial charge in [-0.05, 0) is 58.2 Å². The van der Waals surface area contributed by atoms with Gasteiger partial charge in [0, 0.05) is 19.4 Å². The van der Waals surface area contributed by atoms with Gasteiger partial charge in [0.15, 0.2) is 0 Å². The molecule has 0 radical (unpaired) electrons. The van der Waals surface area contributed by atoms with Gasteiger partial charge in [-0.3, -0.25) is 4.79 Å². The molecule has 100 valence electrons. The molecule has 0 aromatic carbocycles. The van der Waals surface area contributed by atoms with Crippen molar-refractivity contribution in [1.29, 1.82) is 0 Å². The third-order valence-corrected chi connectivity index (χ3v) is 3.49. The van der Waals surface area contributed by atoms with E-state index in [-0.39, 0.29) is 6.61 Å². The molecule has 17 heavy (non-hydrogen) atoms. The average Bonchev–Trinajstić information content (AvgIpc) is 2.83. The van der Waals surface area contributed by atoms with Crippen molar-refractivity contribution in [2.75, 3.05) is 26.2 Å². The molecule has 3 nitrogen and oxygen atoms in total. The number of nitrogens with zero attached hydrogens (tertiary/aromatic N) is 1. The van der Waals surface area contributed by atoms with Crippen LogP contribution in [0, 0.1) is 0 Å². The van der Waals surface area contributed by atoms with Gasteiger partial charge < -0.3 is 10.0 Å². The van der Waals surface area contributed by atoms with E-state index >= 15 is 0 Å². The molecule has 1 fully saturated rings. The molecule has 0 aromatic rings. The zero-order valence-electron chi connectivity index (χ0n) is 11.0. The molecule has 3 heteroatoms. The van der Waals surface area contributed by atoms with Crippen molar-refractivity contribution in [3.05, 3.63) is 0 Å². The van der Waals surface area contributed by atoms with Crippen LogP contribution in [-0.4, -0.2) is 42.0 Å². The summed E-state index contributed by atoms with van der Waals surface area (Å²) in [6, 6.07) is 0. The van der Waals surface area contributed by atoms with Crippen LogP contribution in [0.2, 0.25) is 0 Å². The Morgan fingerprint density at radius 1 is 0.941 bits per heavy atom. The summed E-state index contributed by atoms with van der Waals surface area (Å²) < 4.78 is 0. The first-order valence-electron chi connectivity index (χ1n) is 7.18. The number of hydrogen-bond acceptors (Lipinski definition) is 3. The van der Waals surface area contributed by atoms with E-state index in [1.165, 1.54) is 38.9 Å². The fraction of sp³-hybridized carbons (Fsp3) is 0.929. The topological polar surface area (TPSA) is 40.5 Å². The summed E-state index contributed by atoms with van der Waals surface area (Å²) in [5.41, 5.74) is 0. The van der Waals surface area contributed by atoms with Gasteiger partial charge in [0.25, 0.3) is 0 Å². The first-order chi connectivity index (χ1) is 8.33. The van der Waals surface area contributed by atoms with E-state index in [4.69, 9.17) is 5.11 Å². The Labute approximate surface area is 105 Å². The number of rotatable bonds is 10. The van der Waals surface area contributed by atoms with E-state index in [0.29, 0.717) is 12.2 Å². The Morgan fingerprint density at radius 3 is 2.24 bits per heavy atom. The van der Waals surface area contributed by atoms with Crippen molar-refractivity contribution in [1.82, 2.24) is 4.90 Å². The van der Waals surface area contributed by atoms with Crippen LogP contribution < -0.4 is 0 Å². The second-order valence-electron chi connectivity index (χ2n) is 5.08. The highest BCUT2D eigenvalue weighted by Crippen LogP contribution is 2.10. The summed E-state index contributed by atoms with van der Waals surface area (Å²) in [4.78, 5) is 14.0. The van der Waals surface area contributed by atoms with Crippen molar-refractivity contribution >= 4 is 5.78 Å². The normalized spacial score (nSPS) is 16.5. The third-order valence-electron chi connectivity index (χ3n) is 3.49. The second-order valence-corrected chi connectivity index (χ2v) is 5.08. The molecule has 0 atom stereocenters. The van der Waals surface area contributed by atoms with Gasteiger partial charge in [-0.25, -0.2) is 0 Å². The van der Waals surface area contributed by atoms with Crippen LogP contribution in [0.1, 0.15) is 57.8 Å². The summed E-state index contributed by atoms with van der Waals surface area (Å²) in [6.07, 6.45) is 9.16.